The van der Waals surface area contributed by atoms with Gasteiger partial charge in [0.05, 0.1) is 6.10 Å². The Morgan fingerprint density at radius 1 is 1.33 bits per heavy atom. The minimum absolute atomic E-state index is 0.225. The van der Waals surface area contributed by atoms with E-state index in [0.29, 0.717) is 23.9 Å². The van der Waals surface area contributed by atoms with E-state index in [1.165, 1.54) is 11.3 Å². The molecule has 21 heavy (non-hydrogen) atoms. The van der Waals surface area contributed by atoms with Gasteiger partial charge in [0.1, 0.15) is 4.21 Å². The fraction of sp³-hybridized carbons (Fsp3) is 0.714. The molecule has 0 saturated heterocycles. The fourth-order valence-corrected chi connectivity index (χ4v) is 4.01. The lowest BCUT2D eigenvalue weighted by Gasteiger charge is -2.07. The van der Waals surface area contributed by atoms with E-state index in [4.69, 9.17) is 4.74 Å². The highest BCUT2D eigenvalue weighted by atomic mass is 32.2. The summed E-state index contributed by atoms with van der Waals surface area (Å²) in [4.78, 5) is 0. The second-order valence-electron chi connectivity index (χ2n) is 5.08. The van der Waals surface area contributed by atoms with Gasteiger partial charge < -0.3 is 10.1 Å². The Kier molecular flexibility index (Phi) is 8.43. The number of sulfonamides is 1. The molecule has 1 aromatic heterocycles. The zero-order valence-corrected chi connectivity index (χ0v) is 14.6. The lowest BCUT2D eigenvalue weighted by molar-refractivity contribution is 0.0762. The highest BCUT2D eigenvalue weighted by molar-refractivity contribution is 7.91. The van der Waals surface area contributed by atoms with Crippen LogP contribution in [0.4, 0.5) is 0 Å². The molecule has 0 spiro atoms. The maximum atomic E-state index is 12.1. The van der Waals surface area contributed by atoms with Gasteiger partial charge >= 0.3 is 0 Å². The first-order valence-electron chi connectivity index (χ1n) is 7.35. The zero-order valence-electron chi connectivity index (χ0n) is 13.0. The predicted molar refractivity (Wildman–Crippen MR) is 87.2 cm³/mol. The van der Waals surface area contributed by atoms with Crippen molar-refractivity contribution < 1.29 is 13.2 Å². The largest absolute Gasteiger partial charge is 0.379 e. The zero-order chi connectivity index (χ0) is 15.7. The van der Waals surface area contributed by atoms with Crippen LogP contribution in [0.3, 0.4) is 0 Å². The van der Waals surface area contributed by atoms with E-state index in [9.17, 15) is 8.42 Å². The Bertz CT molecular complexity index is 498. The van der Waals surface area contributed by atoms with Crippen molar-refractivity contribution in [1.82, 2.24) is 10.0 Å². The highest BCUT2D eigenvalue weighted by Crippen LogP contribution is 2.20. The minimum atomic E-state index is -3.37. The molecule has 0 fully saturated rings. The summed E-state index contributed by atoms with van der Waals surface area (Å²) in [6.07, 6.45) is 1.86. The molecule has 0 saturated carbocycles. The van der Waals surface area contributed by atoms with Crippen LogP contribution in [-0.2, 0) is 21.3 Å². The molecule has 0 radical (unpaired) electrons. The van der Waals surface area contributed by atoms with Crippen LogP contribution in [0.2, 0.25) is 0 Å². The second kappa shape index (κ2) is 9.53. The Hall–Kier alpha value is -0.470. The molecule has 2 N–H and O–H groups in total. The third-order valence-electron chi connectivity index (χ3n) is 2.79. The topological polar surface area (TPSA) is 67.4 Å². The molecule has 0 aliphatic carbocycles. The normalized spacial score (nSPS) is 12.2. The molecule has 7 heteroatoms. The van der Waals surface area contributed by atoms with Crippen molar-refractivity contribution in [1.29, 1.82) is 0 Å². The van der Waals surface area contributed by atoms with E-state index in [2.05, 4.69) is 10.0 Å². The second-order valence-corrected chi connectivity index (χ2v) is 7.98. The highest BCUT2D eigenvalue weighted by Gasteiger charge is 2.15. The van der Waals surface area contributed by atoms with Crippen molar-refractivity contribution in [2.75, 3.05) is 19.7 Å². The van der Waals surface area contributed by atoms with Crippen molar-refractivity contribution >= 4 is 21.4 Å². The van der Waals surface area contributed by atoms with E-state index in [0.717, 1.165) is 24.9 Å². The molecule has 0 atom stereocenters. The quantitative estimate of drug-likeness (QED) is 0.610. The molecule has 5 nitrogen and oxygen atoms in total. The van der Waals surface area contributed by atoms with E-state index in [1.54, 1.807) is 6.07 Å². The van der Waals surface area contributed by atoms with Gasteiger partial charge in [-0.05, 0) is 50.2 Å². The number of ether oxygens (including phenoxy) is 1. The summed E-state index contributed by atoms with van der Waals surface area (Å²) in [6, 6.07) is 1.73. The minimum Gasteiger partial charge on any atom is -0.379 e. The fourth-order valence-electron chi connectivity index (χ4n) is 1.68. The van der Waals surface area contributed by atoms with Gasteiger partial charge in [0.15, 0.2) is 0 Å². The molecule has 0 unspecified atom stereocenters. The van der Waals surface area contributed by atoms with Crippen molar-refractivity contribution in [3.63, 3.8) is 0 Å². The Labute approximate surface area is 132 Å². The predicted octanol–water partition coefficient (Wildman–Crippen LogP) is 2.34. The van der Waals surface area contributed by atoms with Crippen LogP contribution in [0.1, 0.15) is 39.2 Å². The molecule has 1 heterocycles. The summed E-state index contributed by atoms with van der Waals surface area (Å²) in [7, 11) is -3.37. The molecule has 1 aromatic rings. The number of nitrogens with one attached hydrogen (secondary N) is 2. The van der Waals surface area contributed by atoms with Gasteiger partial charge in [-0.1, -0.05) is 6.92 Å². The van der Waals surface area contributed by atoms with Crippen molar-refractivity contribution in [3.8, 4) is 0 Å². The molecular formula is C14H26N2O3S2. The van der Waals surface area contributed by atoms with E-state index < -0.39 is 10.0 Å². The summed E-state index contributed by atoms with van der Waals surface area (Å²) in [5, 5.41) is 5.06. The van der Waals surface area contributed by atoms with Crippen LogP contribution in [0.15, 0.2) is 15.7 Å². The first-order chi connectivity index (χ1) is 9.95. The third-order valence-corrected chi connectivity index (χ3v) is 5.74. The van der Waals surface area contributed by atoms with E-state index in [-0.39, 0.29) is 6.10 Å². The number of thiophene rings is 1. The maximum Gasteiger partial charge on any atom is 0.250 e. The van der Waals surface area contributed by atoms with Gasteiger partial charge in [0.2, 0.25) is 10.0 Å². The molecule has 0 bridgehead atoms. The van der Waals surface area contributed by atoms with Crippen LogP contribution >= 0.6 is 11.3 Å². The number of hydrogen-bond acceptors (Lipinski definition) is 5. The summed E-state index contributed by atoms with van der Waals surface area (Å²) in [6.45, 7) is 8.70. The average Bonchev–Trinajstić information content (AvgIpc) is 2.89. The molecule has 1 rings (SSSR count). The molecule has 122 valence electrons. The summed E-state index contributed by atoms with van der Waals surface area (Å²) in [5.74, 6) is 0. The van der Waals surface area contributed by atoms with Crippen molar-refractivity contribution in [2.45, 2.75) is 50.5 Å². The van der Waals surface area contributed by atoms with Gasteiger partial charge in [-0.2, -0.15) is 0 Å². The van der Waals surface area contributed by atoms with Crippen LogP contribution in [-0.4, -0.2) is 34.2 Å². The summed E-state index contributed by atoms with van der Waals surface area (Å²) >= 11 is 1.26. The van der Waals surface area contributed by atoms with Gasteiger partial charge in [0.25, 0.3) is 0 Å². The van der Waals surface area contributed by atoms with Gasteiger partial charge in [-0.25, -0.2) is 13.1 Å². The lowest BCUT2D eigenvalue weighted by atomic mass is 10.3. The first kappa shape index (κ1) is 18.6. The number of rotatable bonds is 11. The Morgan fingerprint density at radius 2 is 2.10 bits per heavy atom. The monoisotopic (exact) mass is 334 g/mol. The maximum absolute atomic E-state index is 12.1. The summed E-state index contributed by atoms with van der Waals surface area (Å²) < 4.78 is 32.7. The molecule has 0 amide bonds. The molecule has 0 aliphatic heterocycles. The first-order valence-corrected chi connectivity index (χ1v) is 9.71. The lowest BCUT2D eigenvalue weighted by Crippen LogP contribution is -2.24. The Balaban J connectivity index is 2.34. The van der Waals surface area contributed by atoms with Gasteiger partial charge in [0, 0.05) is 19.7 Å². The Morgan fingerprint density at radius 3 is 2.76 bits per heavy atom. The average molecular weight is 335 g/mol. The summed E-state index contributed by atoms with van der Waals surface area (Å²) in [5.41, 5.74) is 1.01. The SMILES string of the molecule is CCNCc1csc(S(=O)(=O)NCCCCOC(C)C)c1. The third kappa shape index (κ3) is 7.37. The van der Waals surface area contributed by atoms with Crippen molar-refractivity contribution in [3.05, 3.63) is 17.0 Å². The van der Waals surface area contributed by atoms with E-state index >= 15 is 0 Å². The number of hydrogen-bond donors (Lipinski definition) is 2. The van der Waals surface area contributed by atoms with Gasteiger partial charge in [-0.3, -0.25) is 0 Å². The molecule has 0 aliphatic rings. The van der Waals surface area contributed by atoms with E-state index in [1.807, 2.05) is 26.2 Å². The van der Waals surface area contributed by atoms with Crippen LogP contribution in [0, 0.1) is 0 Å². The number of unbranched alkanes of at least 4 members (excludes halogenated alkanes) is 1. The van der Waals surface area contributed by atoms with Crippen LogP contribution < -0.4 is 10.0 Å². The standard InChI is InChI=1S/C14H26N2O3S2/c1-4-15-10-13-9-14(20-11-13)21(17,18)16-7-5-6-8-19-12(2)3/h9,11-12,15-16H,4-8,10H2,1-3H3. The molecule has 0 aromatic carbocycles. The molecular weight excluding hydrogens is 308 g/mol. The van der Waals surface area contributed by atoms with Gasteiger partial charge in [-0.15, -0.1) is 11.3 Å². The smallest absolute Gasteiger partial charge is 0.250 e. The van der Waals surface area contributed by atoms with Crippen LogP contribution in [0.25, 0.3) is 0 Å². The van der Waals surface area contributed by atoms with Crippen molar-refractivity contribution in [2.24, 2.45) is 0 Å². The van der Waals surface area contributed by atoms with Crippen LogP contribution in [0.5, 0.6) is 0 Å².